The van der Waals surface area contributed by atoms with Crippen molar-refractivity contribution in [3.8, 4) is 0 Å². The summed E-state index contributed by atoms with van der Waals surface area (Å²) in [6, 6.07) is 1.87. The number of hydrogen-bond acceptors (Lipinski definition) is 5. The molecule has 6 heteroatoms. The second-order valence-electron chi connectivity index (χ2n) is 2.56. The van der Waals surface area contributed by atoms with Gasteiger partial charge in [0.15, 0.2) is 0 Å². The summed E-state index contributed by atoms with van der Waals surface area (Å²) in [5.74, 6) is 4.38. The average Bonchev–Trinajstić information content (AvgIpc) is 2.49. The molecule has 0 aliphatic heterocycles. The molecular weight excluding hydrogens is 172 g/mol. The van der Waals surface area contributed by atoms with Crippen molar-refractivity contribution in [2.45, 2.75) is 19.9 Å². The molecule has 1 rings (SSSR count). The predicted molar refractivity (Wildman–Crippen MR) is 45.0 cm³/mol. The van der Waals surface area contributed by atoms with E-state index in [1.165, 1.54) is 0 Å². The van der Waals surface area contributed by atoms with Gasteiger partial charge in [-0.1, -0.05) is 5.59 Å². The topological polar surface area (TPSA) is 82.2 Å². The van der Waals surface area contributed by atoms with Crippen molar-refractivity contribution in [2.75, 3.05) is 0 Å². The van der Waals surface area contributed by atoms with Crippen molar-refractivity contribution in [1.82, 2.24) is 15.4 Å². The molecule has 0 bridgehead atoms. The van der Waals surface area contributed by atoms with Gasteiger partial charge in [0.1, 0.15) is 0 Å². The molecule has 0 saturated carbocycles. The average molecular weight is 184 g/mol. The molecule has 0 fully saturated rings. The quantitative estimate of drug-likeness (QED) is 0.487. The van der Waals surface area contributed by atoms with Gasteiger partial charge >= 0.3 is 5.97 Å². The van der Waals surface area contributed by atoms with Crippen LogP contribution in [0.2, 0.25) is 0 Å². The summed E-state index contributed by atoms with van der Waals surface area (Å²) < 4.78 is 1.67. The molecule has 0 amide bonds. The van der Waals surface area contributed by atoms with Gasteiger partial charge in [0.05, 0.1) is 18.7 Å². The standard InChI is InChI=1S/C7H12N4O2/c1-6-2-4-11(9-6)5-3-7(12)13-10-8/h2,4,10H,3,5,8H2,1H3. The Morgan fingerprint density at radius 2 is 2.62 bits per heavy atom. The minimum Gasteiger partial charge on any atom is -0.356 e. The second-order valence-corrected chi connectivity index (χ2v) is 2.56. The van der Waals surface area contributed by atoms with E-state index in [0.717, 1.165) is 5.69 Å². The Kier molecular flexibility index (Phi) is 3.41. The summed E-state index contributed by atoms with van der Waals surface area (Å²) in [7, 11) is 0. The Morgan fingerprint density at radius 1 is 1.85 bits per heavy atom. The third kappa shape index (κ3) is 3.22. The number of nitrogens with two attached hydrogens (primary N) is 1. The summed E-state index contributed by atoms with van der Waals surface area (Å²) in [6.45, 7) is 2.38. The summed E-state index contributed by atoms with van der Waals surface area (Å²) in [6.07, 6.45) is 2.05. The molecule has 6 nitrogen and oxygen atoms in total. The lowest BCUT2D eigenvalue weighted by molar-refractivity contribution is -0.151. The molecule has 0 aliphatic rings. The van der Waals surface area contributed by atoms with Crippen molar-refractivity contribution in [3.05, 3.63) is 18.0 Å². The molecular formula is C7H12N4O2. The van der Waals surface area contributed by atoms with Crippen LogP contribution in [0.1, 0.15) is 12.1 Å². The first-order valence-corrected chi connectivity index (χ1v) is 3.87. The van der Waals surface area contributed by atoms with E-state index in [-0.39, 0.29) is 6.42 Å². The predicted octanol–water partition coefficient (Wildman–Crippen LogP) is -0.497. The normalized spacial score (nSPS) is 10.0. The highest BCUT2D eigenvalue weighted by Crippen LogP contribution is 1.95. The molecule has 13 heavy (non-hydrogen) atoms. The fourth-order valence-electron chi connectivity index (χ4n) is 0.910. The fourth-order valence-corrected chi connectivity index (χ4v) is 0.910. The summed E-state index contributed by atoms with van der Waals surface area (Å²) in [5, 5.41) is 4.10. The van der Waals surface area contributed by atoms with Crippen molar-refractivity contribution < 1.29 is 9.63 Å². The van der Waals surface area contributed by atoms with E-state index in [2.05, 4.69) is 9.94 Å². The van der Waals surface area contributed by atoms with Crippen LogP contribution in [0.5, 0.6) is 0 Å². The molecule has 3 N–H and O–H groups in total. The van der Waals surface area contributed by atoms with Gasteiger partial charge in [-0.3, -0.25) is 9.48 Å². The van der Waals surface area contributed by atoms with Crippen LogP contribution in [0, 0.1) is 6.92 Å². The number of carbonyl (C=O) groups is 1. The van der Waals surface area contributed by atoms with Crippen LogP contribution in [0.15, 0.2) is 12.3 Å². The van der Waals surface area contributed by atoms with Crippen LogP contribution in [0.25, 0.3) is 0 Å². The van der Waals surface area contributed by atoms with Crippen molar-refractivity contribution in [2.24, 2.45) is 5.84 Å². The van der Waals surface area contributed by atoms with Gasteiger partial charge in [0, 0.05) is 6.20 Å². The number of hydrogen-bond donors (Lipinski definition) is 2. The number of aromatic nitrogens is 2. The number of nitrogens with zero attached hydrogens (tertiary/aromatic N) is 2. The van der Waals surface area contributed by atoms with E-state index in [4.69, 9.17) is 5.84 Å². The molecule has 72 valence electrons. The molecule has 0 aliphatic carbocycles. The Bertz CT molecular complexity index is 284. The zero-order chi connectivity index (χ0) is 9.68. The molecule has 1 aromatic rings. The number of rotatable bonds is 4. The lowest BCUT2D eigenvalue weighted by Gasteiger charge is -2.01. The molecule has 0 unspecified atom stereocenters. The van der Waals surface area contributed by atoms with E-state index in [1.807, 2.05) is 18.6 Å². The van der Waals surface area contributed by atoms with Crippen molar-refractivity contribution >= 4 is 5.97 Å². The lowest BCUT2D eigenvalue weighted by atomic mass is 10.4. The number of carbonyl (C=O) groups excluding carboxylic acids is 1. The minimum atomic E-state index is -0.407. The second kappa shape index (κ2) is 4.58. The van der Waals surface area contributed by atoms with E-state index in [1.54, 1.807) is 10.9 Å². The zero-order valence-electron chi connectivity index (χ0n) is 7.36. The van der Waals surface area contributed by atoms with Crippen LogP contribution in [0.3, 0.4) is 0 Å². The minimum absolute atomic E-state index is 0.241. The van der Waals surface area contributed by atoms with Gasteiger partial charge < -0.3 is 4.84 Å². The van der Waals surface area contributed by atoms with Crippen LogP contribution in [0.4, 0.5) is 0 Å². The van der Waals surface area contributed by atoms with Gasteiger partial charge in [-0.15, -0.1) is 0 Å². The van der Waals surface area contributed by atoms with E-state index in [9.17, 15) is 4.79 Å². The summed E-state index contributed by atoms with van der Waals surface area (Å²) in [4.78, 5) is 15.1. The number of aryl methyl sites for hydroxylation is 2. The summed E-state index contributed by atoms with van der Waals surface area (Å²) in [5.41, 5.74) is 2.75. The maximum absolute atomic E-state index is 10.8. The molecule has 0 aromatic carbocycles. The molecule has 0 spiro atoms. The maximum atomic E-state index is 10.8. The van der Waals surface area contributed by atoms with Crippen LogP contribution in [-0.4, -0.2) is 15.7 Å². The third-order valence-electron chi connectivity index (χ3n) is 1.49. The van der Waals surface area contributed by atoms with E-state index < -0.39 is 5.97 Å². The monoisotopic (exact) mass is 184 g/mol. The van der Waals surface area contributed by atoms with Crippen LogP contribution < -0.4 is 11.4 Å². The third-order valence-corrected chi connectivity index (χ3v) is 1.49. The Hall–Kier alpha value is -1.40. The van der Waals surface area contributed by atoms with E-state index in [0.29, 0.717) is 6.54 Å². The highest BCUT2D eigenvalue weighted by molar-refractivity contribution is 5.68. The van der Waals surface area contributed by atoms with Crippen LogP contribution >= 0.6 is 0 Å². The molecule has 1 aromatic heterocycles. The van der Waals surface area contributed by atoms with Gasteiger partial charge in [0.25, 0.3) is 0 Å². The highest BCUT2D eigenvalue weighted by atomic mass is 16.7. The molecule has 1 heterocycles. The first-order chi connectivity index (χ1) is 6.22. The summed E-state index contributed by atoms with van der Waals surface area (Å²) >= 11 is 0. The Balaban J connectivity index is 2.30. The van der Waals surface area contributed by atoms with Crippen LogP contribution in [-0.2, 0) is 16.2 Å². The Labute approximate surface area is 75.6 Å². The van der Waals surface area contributed by atoms with E-state index >= 15 is 0 Å². The maximum Gasteiger partial charge on any atom is 0.328 e. The van der Waals surface area contributed by atoms with Crippen molar-refractivity contribution in [3.63, 3.8) is 0 Å². The first-order valence-electron chi connectivity index (χ1n) is 3.87. The number of hydrazine groups is 1. The first kappa shape index (κ1) is 9.69. The van der Waals surface area contributed by atoms with Gasteiger partial charge in [-0.05, 0) is 13.0 Å². The molecule has 0 radical (unpaired) electrons. The fraction of sp³-hybridized carbons (Fsp3) is 0.429. The van der Waals surface area contributed by atoms with Gasteiger partial charge in [-0.25, -0.2) is 5.84 Å². The van der Waals surface area contributed by atoms with Crippen molar-refractivity contribution in [1.29, 1.82) is 0 Å². The van der Waals surface area contributed by atoms with Gasteiger partial charge in [-0.2, -0.15) is 5.10 Å². The smallest absolute Gasteiger partial charge is 0.328 e. The Morgan fingerprint density at radius 3 is 3.15 bits per heavy atom. The highest BCUT2D eigenvalue weighted by Gasteiger charge is 2.02. The lowest BCUT2D eigenvalue weighted by Crippen LogP contribution is -2.26. The zero-order valence-corrected chi connectivity index (χ0v) is 7.36. The van der Waals surface area contributed by atoms with Gasteiger partial charge in [0.2, 0.25) is 0 Å². The largest absolute Gasteiger partial charge is 0.356 e. The molecule has 0 atom stereocenters. The SMILES string of the molecule is Cc1ccn(CCC(=O)ONN)n1. The number of nitrogens with one attached hydrogen (secondary N) is 1. The molecule has 0 saturated heterocycles.